The van der Waals surface area contributed by atoms with E-state index in [0.717, 1.165) is 18.6 Å². The Morgan fingerprint density at radius 2 is 1.91 bits per heavy atom. The monoisotopic (exact) mass is 324 g/mol. The highest BCUT2D eigenvalue weighted by atomic mass is 19.2. The lowest BCUT2D eigenvalue weighted by molar-refractivity contribution is -0.142. The maximum Gasteiger partial charge on any atom is 0.229 e. The van der Waals surface area contributed by atoms with Crippen molar-refractivity contribution in [2.45, 2.75) is 33.6 Å². The summed E-state index contributed by atoms with van der Waals surface area (Å²) >= 11 is 0. The molecule has 6 heteroatoms. The van der Waals surface area contributed by atoms with Crippen molar-refractivity contribution in [3.63, 3.8) is 0 Å². The van der Waals surface area contributed by atoms with Gasteiger partial charge in [-0.3, -0.25) is 9.59 Å². The average Bonchev–Trinajstić information content (AvgIpc) is 2.49. The number of nitrogens with zero attached hydrogens (tertiary/aromatic N) is 1. The molecule has 0 radical (unpaired) electrons. The van der Waals surface area contributed by atoms with Crippen LogP contribution in [-0.2, 0) is 9.59 Å². The molecule has 23 heavy (non-hydrogen) atoms. The van der Waals surface area contributed by atoms with E-state index in [1.807, 2.05) is 20.8 Å². The van der Waals surface area contributed by atoms with Crippen molar-refractivity contribution in [1.29, 1.82) is 0 Å². The molecule has 0 bridgehead atoms. The van der Waals surface area contributed by atoms with E-state index in [0.29, 0.717) is 19.5 Å². The smallest absolute Gasteiger partial charge is 0.229 e. The largest absolute Gasteiger partial charge is 0.341 e. The molecular weight excluding hydrogens is 302 g/mol. The van der Waals surface area contributed by atoms with Gasteiger partial charge in [0.2, 0.25) is 11.8 Å². The standard InChI is InChI=1S/C17H22F2N2O2/c1-17(2,3)16(23)21-8-4-5-11(10-21)15(22)20-12-6-7-13(18)14(19)9-12/h6-7,9,11H,4-5,8,10H2,1-3H3,(H,20,22). The Morgan fingerprint density at radius 1 is 1.22 bits per heavy atom. The Kier molecular flexibility index (Phi) is 5.02. The number of hydrogen-bond donors (Lipinski definition) is 1. The van der Waals surface area contributed by atoms with Crippen molar-refractivity contribution >= 4 is 17.5 Å². The number of likely N-dealkylation sites (tertiary alicyclic amines) is 1. The fourth-order valence-electron chi connectivity index (χ4n) is 2.67. The molecular formula is C17H22F2N2O2. The SMILES string of the molecule is CC(C)(C)C(=O)N1CCCC(C(=O)Nc2ccc(F)c(F)c2)C1. The minimum Gasteiger partial charge on any atom is -0.341 e. The molecule has 1 heterocycles. The Hall–Kier alpha value is -1.98. The van der Waals surface area contributed by atoms with Crippen molar-refractivity contribution < 1.29 is 18.4 Å². The van der Waals surface area contributed by atoms with Crippen LogP contribution in [0.25, 0.3) is 0 Å². The first-order chi connectivity index (χ1) is 10.7. The summed E-state index contributed by atoms with van der Waals surface area (Å²) in [5.74, 6) is -2.56. The highest BCUT2D eigenvalue weighted by Crippen LogP contribution is 2.24. The number of halogens is 2. The topological polar surface area (TPSA) is 49.4 Å². The molecule has 1 aliphatic rings. The average molecular weight is 324 g/mol. The lowest BCUT2D eigenvalue weighted by Crippen LogP contribution is -2.47. The summed E-state index contributed by atoms with van der Waals surface area (Å²) in [6, 6.07) is 3.24. The zero-order chi connectivity index (χ0) is 17.2. The summed E-state index contributed by atoms with van der Waals surface area (Å²) in [5, 5.41) is 2.59. The van der Waals surface area contributed by atoms with Gasteiger partial charge in [0.1, 0.15) is 0 Å². The molecule has 0 spiro atoms. The summed E-state index contributed by atoms with van der Waals surface area (Å²) in [4.78, 5) is 26.4. The summed E-state index contributed by atoms with van der Waals surface area (Å²) < 4.78 is 26.1. The predicted molar refractivity (Wildman–Crippen MR) is 83.7 cm³/mol. The number of piperidine rings is 1. The van der Waals surface area contributed by atoms with Gasteiger partial charge in [0, 0.05) is 30.3 Å². The van der Waals surface area contributed by atoms with Crippen molar-refractivity contribution in [2.75, 3.05) is 18.4 Å². The van der Waals surface area contributed by atoms with Crippen molar-refractivity contribution in [1.82, 2.24) is 4.90 Å². The summed E-state index contributed by atoms with van der Waals surface area (Å²) in [7, 11) is 0. The van der Waals surface area contributed by atoms with E-state index in [4.69, 9.17) is 0 Å². The third-order valence-corrected chi connectivity index (χ3v) is 3.91. The molecule has 1 fully saturated rings. The van der Waals surface area contributed by atoms with Gasteiger partial charge < -0.3 is 10.2 Å². The molecule has 2 amide bonds. The van der Waals surface area contributed by atoms with Crippen LogP contribution < -0.4 is 5.32 Å². The van der Waals surface area contributed by atoms with E-state index < -0.39 is 17.0 Å². The number of rotatable bonds is 2. The van der Waals surface area contributed by atoms with E-state index in [1.165, 1.54) is 6.07 Å². The third-order valence-electron chi connectivity index (χ3n) is 3.91. The van der Waals surface area contributed by atoms with E-state index >= 15 is 0 Å². The van der Waals surface area contributed by atoms with Crippen LogP contribution in [0.5, 0.6) is 0 Å². The molecule has 1 aromatic rings. The number of carbonyl (C=O) groups is 2. The first kappa shape index (κ1) is 17.4. The highest BCUT2D eigenvalue weighted by molar-refractivity contribution is 5.93. The molecule has 0 saturated carbocycles. The Labute approximate surface area is 134 Å². The highest BCUT2D eigenvalue weighted by Gasteiger charge is 2.33. The normalized spacial score (nSPS) is 18.7. The lowest BCUT2D eigenvalue weighted by Gasteiger charge is -2.35. The van der Waals surface area contributed by atoms with E-state index in [9.17, 15) is 18.4 Å². The number of hydrogen-bond acceptors (Lipinski definition) is 2. The zero-order valence-corrected chi connectivity index (χ0v) is 13.7. The van der Waals surface area contributed by atoms with Crippen molar-refractivity contribution in [2.24, 2.45) is 11.3 Å². The van der Waals surface area contributed by atoms with Crippen LogP contribution in [0.15, 0.2) is 18.2 Å². The fraction of sp³-hybridized carbons (Fsp3) is 0.529. The molecule has 1 aromatic carbocycles. The summed E-state index contributed by atoms with van der Waals surface area (Å²) in [6.45, 7) is 6.54. The van der Waals surface area contributed by atoms with E-state index in [1.54, 1.807) is 4.90 Å². The quantitative estimate of drug-likeness (QED) is 0.908. The molecule has 0 aliphatic carbocycles. The van der Waals surface area contributed by atoms with Gasteiger partial charge in [0.15, 0.2) is 11.6 Å². The summed E-state index contributed by atoms with van der Waals surface area (Å²) in [5.41, 5.74) is -0.272. The minimum absolute atomic E-state index is 0.0165. The zero-order valence-electron chi connectivity index (χ0n) is 13.7. The van der Waals surface area contributed by atoms with Crippen LogP contribution in [-0.4, -0.2) is 29.8 Å². The fourth-order valence-corrected chi connectivity index (χ4v) is 2.67. The maximum absolute atomic E-state index is 13.2. The van der Waals surface area contributed by atoms with Crippen LogP contribution in [0.4, 0.5) is 14.5 Å². The Balaban J connectivity index is 2.02. The molecule has 1 atom stereocenters. The van der Waals surface area contributed by atoms with Gasteiger partial charge in [-0.2, -0.15) is 0 Å². The molecule has 126 valence electrons. The van der Waals surface area contributed by atoms with Gasteiger partial charge in [-0.15, -0.1) is 0 Å². The molecule has 4 nitrogen and oxygen atoms in total. The number of amides is 2. The van der Waals surface area contributed by atoms with Crippen molar-refractivity contribution in [3.05, 3.63) is 29.8 Å². The lowest BCUT2D eigenvalue weighted by atomic mass is 9.91. The number of carbonyl (C=O) groups excluding carboxylic acids is 2. The van der Waals surface area contributed by atoms with Crippen molar-refractivity contribution in [3.8, 4) is 0 Å². The predicted octanol–water partition coefficient (Wildman–Crippen LogP) is 3.19. The van der Waals surface area contributed by atoms with Crippen LogP contribution in [0.3, 0.4) is 0 Å². The molecule has 1 unspecified atom stereocenters. The summed E-state index contributed by atoms with van der Waals surface area (Å²) in [6.07, 6.45) is 1.42. The van der Waals surface area contributed by atoms with E-state index in [-0.39, 0.29) is 23.4 Å². The number of benzene rings is 1. The van der Waals surface area contributed by atoms with Gasteiger partial charge in [0.05, 0.1) is 5.92 Å². The third kappa shape index (κ3) is 4.27. The molecule has 1 N–H and O–H groups in total. The first-order valence-corrected chi connectivity index (χ1v) is 7.74. The molecule has 1 aliphatic heterocycles. The molecule has 2 rings (SSSR count). The minimum atomic E-state index is -1.00. The van der Waals surface area contributed by atoms with Gasteiger partial charge in [-0.25, -0.2) is 8.78 Å². The van der Waals surface area contributed by atoms with Gasteiger partial charge in [0.25, 0.3) is 0 Å². The van der Waals surface area contributed by atoms with Crippen LogP contribution >= 0.6 is 0 Å². The second-order valence-corrected chi connectivity index (χ2v) is 6.96. The van der Waals surface area contributed by atoms with Crippen LogP contribution in [0.2, 0.25) is 0 Å². The first-order valence-electron chi connectivity index (χ1n) is 7.74. The van der Waals surface area contributed by atoms with Gasteiger partial charge in [-0.1, -0.05) is 20.8 Å². The van der Waals surface area contributed by atoms with Gasteiger partial charge >= 0.3 is 0 Å². The molecule has 0 aromatic heterocycles. The number of anilines is 1. The second kappa shape index (κ2) is 6.64. The Bertz CT molecular complexity index is 611. The number of nitrogens with one attached hydrogen (secondary N) is 1. The molecule has 1 saturated heterocycles. The van der Waals surface area contributed by atoms with Crippen LogP contribution in [0, 0.1) is 23.0 Å². The van der Waals surface area contributed by atoms with Crippen LogP contribution in [0.1, 0.15) is 33.6 Å². The Morgan fingerprint density at radius 3 is 2.52 bits per heavy atom. The second-order valence-electron chi connectivity index (χ2n) is 6.96. The van der Waals surface area contributed by atoms with Gasteiger partial charge in [-0.05, 0) is 25.0 Å². The maximum atomic E-state index is 13.2. The van der Waals surface area contributed by atoms with E-state index in [2.05, 4.69) is 5.32 Å².